The fourth-order valence-electron chi connectivity index (χ4n) is 2.42. The molecule has 0 spiro atoms. The predicted molar refractivity (Wildman–Crippen MR) is 149 cm³/mol. The Kier molecular flexibility index (Phi) is 25.6. The van der Waals surface area contributed by atoms with Gasteiger partial charge in [-0.2, -0.15) is 0 Å². The number of amides is 3. The molecule has 3 amide bonds. The maximum Gasteiger partial charge on any atom is 0.407 e. The van der Waals surface area contributed by atoms with Gasteiger partial charge >= 0.3 is 18.2 Å². The number of nitrogens with one attached hydrogen (secondary N) is 3. The molecule has 0 heterocycles. The molecular weight excluding hydrogens is 512 g/mol. The first-order valence-corrected chi connectivity index (χ1v) is 13.1. The van der Waals surface area contributed by atoms with Crippen LogP contribution in [0.25, 0.3) is 0 Å². The van der Waals surface area contributed by atoms with Gasteiger partial charge in [0.1, 0.15) is 11.2 Å². The SMILES string of the molecule is CC(C)(C)OC(=O)NCCCCCC(=O)O.CNOC.CON(C)C(=O)CCCCCNC(=O)OC(C)(C)C. The lowest BCUT2D eigenvalue weighted by atomic mass is 10.2. The molecule has 13 heteroatoms. The molecule has 0 aromatic heterocycles. The summed E-state index contributed by atoms with van der Waals surface area (Å²) in [7, 11) is 6.33. The second-order valence-corrected chi connectivity index (χ2v) is 10.4. The number of carbonyl (C=O) groups excluding carboxylic acids is 3. The van der Waals surface area contributed by atoms with E-state index in [9.17, 15) is 19.2 Å². The molecule has 0 aromatic carbocycles. The minimum Gasteiger partial charge on any atom is -0.481 e. The van der Waals surface area contributed by atoms with Crippen LogP contribution in [0, 0.1) is 0 Å². The summed E-state index contributed by atoms with van der Waals surface area (Å²) in [4.78, 5) is 53.1. The highest BCUT2D eigenvalue weighted by Gasteiger charge is 2.16. The van der Waals surface area contributed by atoms with E-state index in [0.29, 0.717) is 25.9 Å². The van der Waals surface area contributed by atoms with Crippen molar-refractivity contribution >= 4 is 24.1 Å². The number of carboxylic acids is 1. The summed E-state index contributed by atoms with van der Waals surface area (Å²) in [6.07, 6.45) is 4.50. The monoisotopic (exact) mass is 566 g/mol. The van der Waals surface area contributed by atoms with E-state index in [1.54, 1.807) is 42.0 Å². The van der Waals surface area contributed by atoms with Gasteiger partial charge in [-0.3, -0.25) is 14.4 Å². The molecule has 0 aromatic rings. The summed E-state index contributed by atoms with van der Waals surface area (Å²) >= 11 is 0. The largest absolute Gasteiger partial charge is 0.481 e. The van der Waals surface area contributed by atoms with Gasteiger partial charge in [0.05, 0.1) is 14.2 Å². The molecule has 0 saturated heterocycles. The molecule has 39 heavy (non-hydrogen) atoms. The van der Waals surface area contributed by atoms with Gasteiger partial charge in [0.25, 0.3) is 0 Å². The number of carbonyl (C=O) groups is 4. The zero-order chi connectivity index (χ0) is 30.9. The van der Waals surface area contributed by atoms with Gasteiger partial charge in [-0.25, -0.2) is 20.1 Å². The Labute approximate surface area is 234 Å². The van der Waals surface area contributed by atoms with Gasteiger partial charge in [-0.05, 0) is 67.2 Å². The van der Waals surface area contributed by atoms with Crippen LogP contribution in [0.1, 0.15) is 92.9 Å². The first kappa shape index (κ1) is 40.9. The van der Waals surface area contributed by atoms with E-state index in [2.05, 4.69) is 21.0 Å². The Bertz CT molecular complexity index is 661. The van der Waals surface area contributed by atoms with Crippen molar-refractivity contribution in [3.63, 3.8) is 0 Å². The molecule has 4 N–H and O–H groups in total. The number of nitrogens with zero attached hydrogens (tertiary/aromatic N) is 1. The normalized spacial score (nSPS) is 10.6. The summed E-state index contributed by atoms with van der Waals surface area (Å²) in [5.41, 5.74) is 1.48. The standard InChI is InChI=1S/C13H26N2O4.C11H21NO4.C2H7NO/c1-13(2,3)19-12(17)14-10-8-6-7-9-11(16)15(4)18-5;1-11(2,3)16-10(15)12-8-6-4-5-7-9(13)14;1-3-4-2/h6-10H2,1-5H3,(H,14,17);4-8H2,1-3H3,(H,12,15)(H,13,14);3H,1-2H3. The van der Waals surface area contributed by atoms with Gasteiger partial charge in [0.2, 0.25) is 5.91 Å². The molecule has 232 valence electrons. The molecule has 13 nitrogen and oxygen atoms in total. The van der Waals surface area contributed by atoms with E-state index in [0.717, 1.165) is 32.1 Å². The van der Waals surface area contributed by atoms with E-state index < -0.39 is 29.4 Å². The Morgan fingerprint density at radius 3 is 1.41 bits per heavy atom. The van der Waals surface area contributed by atoms with Crippen LogP contribution in [-0.4, -0.2) is 86.8 Å². The van der Waals surface area contributed by atoms with Crippen LogP contribution in [0.3, 0.4) is 0 Å². The molecule has 0 radical (unpaired) electrons. The Morgan fingerprint density at radius 1 is 0.718 bits per heavy atom. The number of ether oxygens (including phenoxy) is 2. The van der Waals surface area contributed by atoms with Gasteiger partial charge in [-0.1, -0.05) is 12.8 Å². The van der Waals surface area contributed by atoms with Crippen molar-refractivity contribution in [2.75, 3.05) is 41.4 Å². The van der Waals surface area contributed by atoms with Gasteiger partial charge in [0.15, 0.2) is 0 Å². The number of carboxylic acid groups (broad SMARTS) is 1. The molecule has 0 rings (SSSR count). The summed E-state index contributed by atoms with van der Waals surface area (Å²) < 4.78 is 10.1. The third-order valence-corrected chi connectivity index (χ3v) is 4.30. The third-order valence-electron chi connectivity index (χ3n) is 4.30. The van der Waals surface area contributed by atoms with Gasteiger partial charge in [-0.15, -0.1) is 0 Å². The average Bonchev–Trinajstić information content (AvgIpc) is 2.80. The second kappa shape index (κ2) is 24.4. The lowest BCUT2D eigenvalue weighted by Gasteiger charge is -2.19. The van der Waals surface area contributed by atoms with E-state index in [1.807, 2.05) is 20.8 Å². The maximum atomic E-state index is 11.4. The second-order valence-electron chi connectivity index (χ2n) is 10.4. The average molecular weight is 567 g/mol. The molecule has 0 aliphatic rings. The van der Waals surface area contributed by atoms with E-state index in [-0.39, 0.29) is 12.3 Å². The highest BCUT2D eigenvalue weighted by atomic mass is 16.7. The summed E-state index contributed by atoms with van der Waals surface area (Å²) in [6, 6.07) is 0. The maximum absolute atomic E-state index is 11.4. The zero-order valence-corrected chi connectivity index (χ0v) is 25.7. The van der Waals surface area contributed by atoms with Crippen LogP contribution >= 0.6 is 0 Å². The molecule has 0 aliphatic heterocycles. The molecule has 0 aliphatic carbocycles. The minimum atomic E-state index is -0.778. The molecule has 0 atom stereocenters. The summed E-state index contributed by atoms with van der Waals surface area (Å²) in [5.74, 6) is -0.817. The smallest absolute Gasteiger partial charge is 0.407 e. The number of alkyl carbamates (subject to hydrolysis) is 2. The zero-order valence-electron chi connectivity index (χ0n) is 25.7. The van der Waals surface area contributed by atoms with Crippen molar-refractivity contribution < 1.29 is 43.4 Å². The Balaban J connectivity index is -0.000000590. The van der Waals surface area contributed by atoms with Crippen LogP contribution in [0.2, 0.25) is 0 Å². The van der Waals surface area contributed by atoms with E-state index in [4.69, 9.17) is 19.4 Å². The molecule has 0 bridgehead atoms. The summed E-state index contributed by atoms with van der Waals surface area (Å²) in [5, 5.41) is 14.9. The first-order valence-electron chi connectivity index (χ1n) is 13.1. The van der Waals surface area contributed by atoms with E-state index >= 15 is 0 Å². The molecule has 0 unspecified atom stereocenters. The van der Waals surface area contributed by atoms with Crippen molar-refractivity contribution in [1.29, 1.82) is 0 Å². The fourth-order valence-corrected chi connectivity index (χ4v) is 2.42. The number of rotatable bonds is 14. The van der Waals surface area contributed by atoms with Crippen LogP contribution in [-0.2, 0) is 28.7 Å². The summed E-state index contributed by atoms with van der Waals surface area (Å²) in [6.45, 7) is 12.0. The molecule has 0 saturated carbocycles. The van der Waals surface area contributed by atoms with Crippen LogP contribution < -0.4 is 16.1 Å². The van der Waals surface area contributed by atoms with Crippen molar-refractivity contribution in [3.8, 4) is 0 Å². The Morgan fingerprint density at radius 2 is 1.10 bits per heavy atom. The quantitative estimate of drug-likeness (QED) is 0.178. The fraction of sp³-hybridized carbons (Fsp3) is 0.846. The highest BCUT2D eigenvalue weighted by Crippen LogP contribution is 2.08. The lowest BCUT2D eigenvalue weighted by Crippen LogP contribution is -2.33. The van der Waals surface area contributed by atoms with Crippen LogP contribution in [0.15, 0.2) is 0 Å². The van der Waals surface area contributed by atoms with Crippen molar-refractivity contribution in [2.45, 2.75) is 104 Å². The lowest BCUT2D eigenvalue weighted by molar-refractivity contribution is -0.168. The van der Waals surface area contributed by atoms with Gasteiger partial charge < -0.3 is 30.1 Å². The van der Waals surface area contributed by atoms with Crippen molar-refractivity contribution in [1.82, 2.24) is 21.2 Å². The predicted octanol–water partition coefficient (Wildman–Crippen LogP) is 4.01. The Hall–Kier alpha value is -2.64. The number of aliphatic carboxylic acids is 1. The molecular formula is C26H54N4O9. The van der Waals surface area contributed by atoms with Crippen molar-refractivity contribution in [3.05, 3.63) is 0 Å². The minimum absolute atomic E-state index is 0.0393. The van der Waals surface area contributed by atoms with E-state index in [1.165, 1.54) is 12.2 Å². The molecule has 0 fully saturated rings. The van der Waals surface area contributed by atoms with Gasteiger partial charge in [0, 0.05) is 40.0 Å². The topological polar surface area (TPSA) is 165 Å². The highest BCUT2D eigenvalue weighted by molar-refractivity contribution is 5.74. The van der Waals surface area contributed by atoms with Crippen LogP contribution in [0.4, 0.5) is 9.59 Å². The number of unbranched alkanes of at least 4 members (excludes halogenated alkanes) is 4. The third kappa shape index (κ3) is 37.6. The number of hydrogen-bond acceptors (Lipinski definition) is 9. The number of hydrogen-bond donors (Lipinski definition) is 4. The number of hydroxylamine groups is 3. The van der Waals surface area contributed by atoms with Crippen molar-refractivity contribution in [2.24, 2.45) is 0 Å². The van der Waals surface area contributed by atoms with Crippen LogP contribution in [0.5, 0.6) is 0 Å². The first-order chi connectivity index (χ1) is 18.0.